The Hall–Kier alpha value is -0.240. The highest BCUT2D eigenvalue weighted by Gasteiger charge is 2.10. The van der Waals surface area contributed by atoms with E-state index < -0.39 is 0 Å². The summed E-state index contributed by atoms with van der Waals surface area (Å²) >= 11 is 12.0. The van der Waals surface area contributed by atoms with E-state index in [2.05, 4.69) is 6.92 Å². The average Bonchev–Trinajstić information content (AvgIpc) is 2.22. The van der Waals surface area contributed by atoms with Gasteiger partial charge in [0, 0.05) is 16.1 Å². The molecule has 1 rings (SSSR count). The van der Waals surface area contributed by atoms with Crippen molar-refractivity contribution in [3.8, 4) is 0 Å². The summed E-state index contributed by atoms with van der Waals surface area (Å²) in [6, 6.07) is 5.45. The van der Waals surface area contributed by atoms with Gasteiger partial charge in [-0.2, -0.15) is 0 Å². The highest BCUT2D eigenvalue weighted by atomic mass is 35.5. The summed E-state index contributed by atoms with van der Waals surface area (Å²) in [6.07, 6.45) is 4.52. The number of unbranched alkanes of at least 4 members (excludes halogenated alkanes) is 2. The minimum Gasteiger partial charge on any atom is -0.324 e. The number of halogens is 2. The monoisotopic (exact) mass is 245 g/mol. The summed E-state index contributed by atoms with van der Waals surface area (Å²) in [6.45, 7) is 2.18. The second kappa shape index (κ2) is 6.37. The lowest BCUT2D eigenvalue weighted by atomic mass is 10.0. The predicted molar refractivity (Wildman–Crippen MR) is 67.5 cm³/mol. The molecule has 0 heterocycles. The fourth-order valence-electron chi connectivity index (χ4n) is 1.57. The summed E-state index contributed by atoms with van der Waals surface area (Å²) in [5.74, 6) is 0. The zero-order chi connectivity index (χ0) is 11.3. The molecular formula is C12H17Cl2N. The van der Waals surface area contributed by atoms with Gasteiger partial charge in [-0.3, -0.25) is 0 Å². The molecule has 15 heavy (non-hydrogen) atoms. The average molecular weight is 246 g/mol. The van der Waals surface area contributed by atoms with E-state index in [1.807, 2.05) is 6.07 Å². The van der Waals surface area contributed by atoms with E-state index in [0.29, 0.717) is 10.0 Å². The third-order valence-corrected chi connectivity index (χ3v) is 3.06. The Labute approximate surface area is 102 Å². The summed E-state index contributed by atoms with van der Waals surface area (Å²) in [5.41, 5.74) is 7.02. The number of hydrogen-bond donors (Lipinski definition) is 1. The van der Waals surface area contributed by atoms with Crippen LogP contribution in [0.5, 0.6) is 0 Å². The van der Waals surface area contributed by atoms with E-state index in [4.69, 9.17) is 28.9 Å². The van der Waals surface area contributed by atoms with Crippen molar-refractivity contribution in [1.82, 2.24) is 0 Å². The van der Waals surface area contributed by atoms with Crippen molar-refractivity contribution >= 4 is 23.2 Å². The van der Waals surface area contributed by atoms with Gasteiger partial charge in [0.25, 0.3) is 0 Å². The third kappa shape index (κ3) is 4.02. The Morgan fingerprint density at radius 3 is 2.67 bits per heavy atom. The van der Waals surface area contributed by atoms with E-state index in [1.165, 1.54) is 12.8 Å². The van der Waals surface area contributed by atoms with Crippen LogP contribution >= 0.6 is 23.2 Å². The van der Waals surface area contributed by atoms with Crippen LogP contribution < -0.4 is 5.73 Å². The molecule has 2 N–H and O–H groups in total. The van der Waals surface area contributed by atoms with Crippen molar-refractivity contribution < 1.29 is 0 Å². The first-order valence-electron chi connectivity index (χ1n) is 5.35. The fourth-order valence-corrected chi connectivity index (χ4v) is 2.01. The normalized spacial score (nSPS) is 12.8. The van der Waals surface area contributed by atoms with Gasteiger partial charge in [-0.25, -0.2) is 0 Å². The summed E-state index contributed by atoms with van der Waals surface area (Å²) in [7, 11) is 0. The molecule has 1 aromatic rings. The van der Waals surface area contributed by atoms with Crippen LogP contribution in [0.2, 0.25) is 10.0 Å². The van der Waals surface area contributed by atoms with Crippen LogP contribution in [0, 0.1) is 0 Å². The Morgan fingerprint density at radius 2 is 2.00 bits per heavy atom. The van der Waals surface area contributed by atoms with Crippen LogP contribution in [0.15, 0.2) is 18.2 Å². The van der Waals surface area contributed by atoms with Gasteiger partial charge in [0.1, 0.15) is 0 Å². The molecule has 0 aliphatic heterocycles. The van der Waals surface area contributed by atoms with E-state index in [-0.39, 0.29) is 6.04 Å². The Balaban J connectivity index is 2.64. The van der Waals surface area contributed by atoms with E-state index >= 15 is 0 Å². The second-order valence-corrected chi connectivity index (χ2v) is 4.61. The summed E-state index contributed by atoms with van der Waals surface area (Å²) < 4.78 is 0. The first-order valence-corrected chi connectivity index (χ1v) is 6.11. The summed E-state index contributed by atoms with van der Waals surface area (Å²) in [4.78, 5) is 0. The highest BCUT2D eigenvalue weighted by molar-refractivity contribution is 6.33. The van der Waals surface area contributed by atoms with E-state index in [0.717, 1.165) is 18.4 Å². The van der Waals surface area contributed by atoms with Crippen LogP contribution in [0.1, 0.15) is 44.2 Å². The van der Waals surface area contributed by atoms with Gasteiger partial charge in [0.2, 0.25) is 0 Å². The maximum Gasteiger partial charge on any atom is 0.0454 e. The number of benzene rings is 1. The molecule has 0 unspecified atom stereocenters. The third-order valence-electron chi connectivity index (χ3n) is 2.48. The van der Waals surface area contributed by atoms with Crippen LogP contribution in [0.3, 0.4) is 0 Å². The molecule has 0 aliphatic carbocycles. The first-order chi connectivity index (χ1) is 7.15. The van der Waals surface area contributed by atoms with Crippen LogP contribution in [-0.2, 0) is 0 Å². The zero-order valence-electron chi connectivity index (χ0n) is 8.97. The number of rotatable bonds is 5. The molecule has 1 atom stereocenters. The minimum atomic E-state index is 0.00255. The molecule has 0 radical (unpaired) electrons. The molecule has 0 amide bonds. The van der Waals surface area contributed by atoms with Gasteiger partial charge in [-0.15, -0.1) is 0 Å². The van der Waals surface area contributed by atoms with Gasteiger partial charge in [-0.1, -0.05) is 49.4 Å². The first kappa shape index (κ1) is 12.8. The highest BCUT2D eigenvalue weighted by Crippen LogP contribution is 2.27. The minimum absolute atomic E-state index is 0.00255. The van der Waals surface area contributed by atoms with Crippen molar-refractivity contribution in [1.29, 1.82) is 0 Å². The molecule has 0 aromatic heterocycles. The number of nitrogens with two attached hydrogens (primary N) is 1. The maximum atomic E-state index is 6.07. The molecular weight excluding hydrogens is 229 g/mol. The van der Waals surface area contributed by atoms with E-state index in [1.54, 1.807) is 12.1 Å². The molecule has 1 aromatic carbocycles. The lowest BCUT2D eigenvalue weighted by molar-refractivity contribution is 0.581. The van der Waals surface area contributed by atoms with Gasteiger partial charge in [0.05, 0.1) is 0 Å². The molecule has 0 saturated carbocycles. The molecule has 84 valence electrons. The Kier molecular flexibility index (Phi) is 5.44. The molecule has 0 aliphatic rings. The Morgan fingerprint density at radius 1 is 1.27 bits per heavy atom. The van der Waals surface area contributed by atoms with Crippen molar-refractivity contribution in [2.24, 2.45) is 5.73 Å². The lowest BCUT2D eigenvalue weighted by Crippen LogP contribution is -2.10. The summed E-state index contributed by atoms with van der Waals surface area (Å²) in [5, 5.41) is 1.41. The second-order valence-electron chi connectivity index (χ2n) is 3.77. The molecule has 0 spiro atoms. The van der Waals surface area contributed by atoms with Crippen LogP contribution in [0.25, 0.3) is 0 Å². The van der Waals surface area contributed by atoms with Gasteiger partial charge >= 0.3 is 0 Å². The molecule has 0 saturated heterocycles. The Bertz CT molecular complexity index is 312. The standard InChI is InChI=1S/C12H17Cl2N/c1-2-3-4-5-12(15)10-8-9(13)6-7-11(10)14/h6-8,12H,2-5,15H2,1H3/t12-/m1/s1. The topological polar surface area (TPSA) is 26.0 Å². The molecule has 3 heteroatoms. The van der Waals surface area contributed by atoms with Crippen LogP contribution in [0.4, 0.5) is 0 Å². The molecule has 0 fully saturated rings. The molecule has 1 nitrogen and oxygen atoms in total. The zero-order valence-corrected chi connectivity index (χ0v) is 10.5. The van der Waals surface area contributed by atoms with Crippen molar-refractivity contribution in [3.63, 3.8) is 0 Å². The smallest absolute Gasteiger partial charge is 0.0454 e. The maximum absolute atomic E-state index is 6.07. The quantitative estimate of drug-likeness (QED) is 0.756. The van der Waals surface area contributed by atoms with Crippen LogP contribution in [-0.4, -0.2) is 0 Å². The predicted octanol–water partition coefficient (Wildman–Crippen LogP) is 4.57. The molecule has 0 bridgehead atoms. The lowest BCUT2D eigenvalue weighted by Gasteiger charge is -2.13. The number of hydrogen-bond acceptors (Lipinski definition) is 1. The van der Waals surface area contributed by atoms with Crippen molar-refractivity contribution in [3.05, 3.63) is 33.8 Å². The van der Waals surface area contributed by atoms with E-state index in [9.17, 15) is 0 Å². The van der Waals surface area contributed by atoms with Gasteiger partial charge < -0.3 is 5.73 Å². The van der Waals surface area contributed by atoms with Crippen molar-refractivity contribution in [2.75, 3.05) is 0 Å². The SMILES string of the molecule is CCCCC[C@@H](N)c1cc(Cl)ccc1Cl. The van der Waals surface area contributed by atoms with Gasteiger partial charge in [0.15, 0.2) is 0 Å². The largest absolute Gasteiger partial charge is 0.324 e. The van der Waals surface area contributed by atoms with Crippen molar-refractivity contribution in [2.45, 2.75) is 38.6 Å². The fraction of sp³-hybridized carbons (Fsp3) is 0.500. The van der Waals surface area contributed by atoms with Gasteiger partial charge in [-0.05, 0) is 30.2 Å².